The fourth-order valence-electron chi connectivity index (χ4n) is 5.39. The van der Waals surface area contributed by atoms with Gasteiger partial charge in [-0.2, -0.15) is 0 Å². The number of hydrogen-bond acceptors (Lipinski definition) is 6. The average molecular weight is 469 g/mol. The largest absolute Gasteiger partial charge is 0.496 e. The lowest BCUT2D eigenvalue weighted by Crippen LogP contribution is -2.53. The number of amides is 4. The van der Waals surface area contributed by atoms with E-state index in [0.29, 0.717) is 27.6 Å². The molecular weight excluding hydrogens is 448 g/mol. The first-order valence-electron chi connectivity index (χ1n) is 10.4. The number of likely N-dealkylation sites (tertiary alicyclic amines) is 1. The minimum Gasteiger partial charge on any atom is -0.496 e. The molecule has 33 heavy (non-hydrogen) atoms. The van der Waals surface area contributed by atoms with Gasteiger partial charge in [0.1, 0.15) is 11.3 Å². The number of para-hydroxylation sites is 1. The van der Waals surface area contributed by atoms with Crippen LogP contribution < -0.4 is 21.1 Å². The molecule has 5 rings (SSSR count). The zero-order valence-electron chi connectivity index (χ0n) is 17.6. The molecule has 4 amide bonds. The number of carbonyl (C=O) groups is 4. The Morgan fingerprint density at radius 2 is 1.94 bits per heavy atom. The topological polar surface area (TPSA) is 131 Å². The number of nitrogens with two attached hydrogens (primary N) is 1. The van der Waals surface area contributed by atoms with E-state index in [0.717, 1.165) is 4.90 Å². The molecule has 1 spiro atoms. The van der Waals surface area contributed by atoms with Crippen LogP contribution in [0.2, 0.25) is 5.02 Å². The molecule has 3 aliphatic heterocycles. The minimum absolute atomic E-state index is 0.0158. The maximum Gasteiger partial charge on any atom is 0.250 e. The summed E-state index contributed by atoms with van der Waals surface area (Å²) in [5.41, 5.74) is 5.53. The molecule has 0 aromatic heterocycles. The van der Waals surface area contributed by atoms with Gasteiger partial charge in [-0.05, 0) is 24.3 Å². The number of nitrogens with zero attached hydrogens (tertiary/aromatic N) is 1. The average Bonchev–Trinajstić information content (AvgIpc) is 3.34. The molecule has 2 aromatic rings. The van der Waals surface area contributed by atoms with Gasteiger partial charge in [-0.15, -0.1) is 0 Å². The van der Waals surface area contributed by atoms with Gasteiger partial charge >= 0.3 is 0 Å². The summed E-state index contributed by atoms with van der Waals surface area (Å²) in [6.45, 7) is -0.0158. The molecule has 2 fully saturated rings. The molecular formula is C23H21ClN4O5. The van der Waals surface area contributed by atoms with E-state index in [-0.39, 0.29) is 13.0 Å². The van der Waals surface area contributed by atoms with E-state index >= 15 is 0 Å². The normalized spacial score (nSPS) is 27.6. The van der Waals surface area contributed by atoms with Crippen molar-refractivity contribution in [3.8, 4) is 5.75 Å². The summed E-state index contributed by atoms with van der Waals surface area (Å²) in [5, 5.41) is 6.30. The number of primary amides is 1. The predicted molar refractivity (Wildman–Crippen MR) is 118 cm³/mol. The highest BCUT2D eigenvalue weighted by Crippen LogP contribution is 2.54. The van der Waals surface area contributed by atoms with E-state index in [4.69, 9.17) is 22.1 Å². The molecule has 4 atom stereocenters. The van der Waals surface area contributed by atoms with E-state index in [2.05, 4.69) is 10.6 Å². The maximum absolute atomic E-state index is 13.7. The Morgan fingerprint density at radius 1 is 1.18 bits per heavy atom. The lowest BCUT2D eigenvalue weighted by Gasteiger charge is -2.29. The fourth-order valence-corrected chi connectivity index (χ4v) is 5.56. The Bertz CT molecular complexity index is 1220. The van der Waals surface area contributed by atoms with Crippen LogP contribution >= 0.6 is 11.6 Å². The third-order valence-electron chi connectivity index (χ3n) is 6.71. The first kappa shape index (κ1) is 21.4. The van der Waals surface area contributed by atoms with Crippen LogP contribution in [0.3, 0.4) is 0 Å². The minimum atomic E-state index is -1.53. The van der Waals surface area contributed by atoms with Crippen LogP contribution in [0, 0.1) is 11.8 Å². The third-order valence-corrected chi connectivity index (χ3v) is 6.95. The van der Waals surface area contributed by atoms with Crippen molar-refractivity contribution in [1.82, 2.24) is 10.2 Å². The van der Waals surface area contributed by atoms with Crippen molar-refractivity contribution >= 4 is 40.9 Å². The highest BCUT2D eigenvalue weighted by atomic mass is 35.5. The van der Waals surface area contributed by atoms with Crippen LogP contribution in [0.5, 0.6) is 5.75 Å². The second-order valence-corrected chi connectivity index (χ2v) is 8.89. The van der Waals surface area contributed by atoms with Crippen molar-refractivity contribution in [3.63, 3.8) is 0 Å². The van der Waals surface area contributed by atoms with Gasteiger partial charge in [-0.1, -0.05) is 29.8 Å². The summed E-state index contributed by atoms with van der Waals surface area (Å²) in [5.74, 6) is -3.53. The van der Waals surface area contributed by atoms with Gasteiger partial charge in [0.2, 0.25) is 23.6 Å². The van der Waals surface area contributed by atoms with Crippen molar-refractivity contribution < 1.29 is 23.9 Å². The number of halogens is 1. The lowest BCUT2D eigenvalue weighted by molar-refractivity contribution is -0.143. The van der Waals surface area contributed by atoms with E-state index < -0.39 is 47.0 Å². The number of anilines is 1. The molecule has 170 valence electrons. The monoisotopic (exact) mass is 468 g/mol. The zero-order chi connectivity index (χ0) is 23.5. The molecule has 2 saturated heterocycles. The Morgan fingerprint density at radius 3 is 2.67 bits per heavy atom. The number of hydrogen-bond donors (Lipinski definition) is 3. The molecule has 0 radical (unpaired) electrons. The number of nitrogens with one attached hydrogen (secondary N) is 2. The first-order valence-corrected chi connectivity index (χ1v) is 10.8. The van der Waals surface area contributed by atoms with E-state index in [1.165, 1.54) is 7.11 Å². The number of imide groups is 1. The SMILES string of the molecule is COc1ccccc1CN1C(=O)[C@@H]2[C@H](CC(N)=O)N[C@@]3(C(=O)Nc4ccc(Cl)cc43)[C@@H]2C1=O. The molecule has 4 N–H and O–H groups in total. The number of carbonyl (C=O) groups excluding carboxylic acids is 4. The molecule has 9 nitrogen and oxygen atoms in total. The fraction of sp³-hybridized carbons (Fsp3) is 0.304. The van der Waals surface area contributed by atoms with E-state index in [1.807, 2.05) is 0 Å². The van der Waals surface area contributed by atoms with Crippen LogP contribution in [0.1, 0.15) is 17.5 Å². The molecule has 3 aliphatic rings. The quantitative estimate of drug-likeness (QED) is 0.564. The van der Waals surface area contributed by atoms with Crippen LogP contribution in [0.15, 0.2) is 42.5 Å². The summed E-state index contributed by atoms with van der Waals surface area (Å²) in [7, 11) is 1.51. The molecule has 10 heteroatoms. The number of benzene rings is 2. The van der Waals surface area contributed by atoms with Gasteiger partial charge in [0, 0.05) is 34.3 Å². The third kappa shape index (κ3) is 3.03. The van der Waals surface area contributed by atoms with Crippen molar-refractivity contribution in [1.29, 1.82) is 0 Å². The standard InChI is InChI=1S/C23H21ClN4O5/c1-33-16-5-3-2-4-11(16)10-28-20(30)18-15(9-17(25)29)27-23(19(18)21(28)31)13-8-12(24)6-7-14(13)26-22(23)32/h2-8,15,18-19,27H,9-10H2,1H3,(H2,25,29)(H,26,32)/t15-,18+,19-,23+/m0/s1. The van der Waals surface area contributed by atoms with Crippen molar-refractivity contribution in [2.75, 3.05) is 12.4 Å². The molecule has 2 aromatic carbocycles. The number of ether oxygens (including phenoxy) is 1. The predicted octanol–water partition coefficient (Wildman–Crippen LogP) is 1.14. The molecule has 3 heterocycles. The Kier molecular flexibility index (Phi) is 4.91. The van der Waals surface area contributed by atoms with Crippen molar-refractivity contribution in [2.24, 2.45) is 17.6 Å². The maximum atomic E-state index is 13.7. The Balaban J connectivity index is 1.61. The highest BCUT2D eigenvalue weighted by Gasteiger charge is 2.70. The Labute approximate surface area is 194 Å². The zero-order valence-corrected chi connectivity index (χ0v) is 18.4. The van der Waals surface area contributed by atoms with Gasteiger partial charge in [0.25, 0.3) is 0 Å². The molecule has 0 aliphatic carbocycles. The van der Waals surface area contributed by atoms with Gasteiger partial charge in [-0.3, -0.25) is 29.4 Å². The van der Waals surface area contributed by atoms with Gasteiger partial charge < -0.3 is 15.8 Å². The molecule has 0 saturated carbocycles. The van der Waals surface area contributed by atoms with E-state index in [1.54, 1.807) is 42.5 Å². The van der Waals surface area contributed by atoms with E-state index in [9.17, 15) is 19.2 Å². The first-order chi connectivity index (χ1) is 15.8. The summed E-state index contributed by atoms with van der Waals surface area (Å²) in [6.07, 6.45) is -0.201. The summed E-state index contributed by atoms with van der Waals surface area (Å²) in [6, 6.07) is 11.2. The molecule has 0 bridgehead atoms. The Hall–Kier alpha value is -3.43. The van der Waals surface area contributed by atoms with Crippen LogP contribution in [-0.2, 0) is 31.3 Å². The van der Waals surface area contributed by atoms with Gasteiger partial charge in [-0.25, -0.2) is 0 Å². The van der Waals surface area contributed by atoms with Gasteiger partial charge in [0.05, 0.1) is 25.5 Å². The summed E-state index contributed by atoms with van der Waals surface area (Å²) in [4.78, 5) is 53.5. The smallest absolute Gasteiger partial charge is 0.250 e. The number of fused-ring (bicyclic) bond motifs is 4. The highest BCUT2D eigenvalue weighted by molar-refractivity contribution is 6.31. The number of methoxy groups -OCH3 is 1. The summed E-state index contributed by atoms with van der Waals surface area (Å²) < 4.78 is 5.36. The van der Waals surface area contributed by atoms with Crippen molar-refractivity contribution in [2.45, 2.75) is 24.5 Å². The van der Waals surface area contributed by atoms with Crippen LogP contribution in [0.25, 0.3) is 0 Å². The van der Waals surface area contributed by atoms with Crippen molar-refractivity contribution in [3.05, 3.63) is 58.6 Å². The number of rotatable bonds is 5. The van der Waals surface area contributed by atoms with Gasteiger partial charge in [0.15, 0.2) is 0 Å². The lowest BCUT2D eigenvalue weighted by atomic mass is 9.76. The molecule has 0 unspecified atom stereocenters. The summed E-state index contributed by atoms with van der Waals surface area (Å²) >= 11 is 6.21. The van der Waals surface area contributed by atoms with Crippen LogP contribution in [0.4, 0.5) is 5.69 Å². The van der Waals surface area contributed by atoms with Crippen LogP contribution in [-0.4, -0.2) is 41.7 Å². The second-order valence-electron chi connectivity index (χ2n) is 8.45. The second kappa shape index (κ2) is 7.57.